The van der Waals surface area contributed by atoms with E-state index in [9.17, 15) is 0 Å². The summed E-state index contributed by atoms with van der Waals surface area (Å²) < 4.78 is 0. The van der Waals surface area contributed by atoms with E-state index >= 15 is 0 Å². The second kappa shape index (κ2) is 5.81. The summed E-state index contributed by atoms with van der Waals surface area (Å²) in [5, 5.41) is 0.456. The summed E-state index contributed by atoms with van der Waals surface area (Å²) in [5.74, 6) is 0.869. The van der Waals surface area contributed by atoms with Crippen molar-refractivity contribution in [2.45, 2.75) is 26.7 Å². The fourth-order valence-corrected chi connectivity index (χ4v) is 1.41. The van der Waals surface area contributed by atoms with E-state index in [0.717, 1.165) is 18.9 Å². The van der Waals surface area contributed by atoms with Crippen LogP contribution in [0, 0.1) is 0 Å². The molecule has 1 heterocycles. The standard InChI is InChI=1S/C10H16ClN3/c1-3-5-6-14(4-2)10-8-12-7-9(11)13-10/h7-8H,3-6H2,1-2H3. The molecule has 1 aromatic rings. The summed E-state index contributed by atoms with van der Waals surface area (Å²) >= 11 is 5.78. The predicted molar refractivity (Wildman–Crippen MR) is 59.8 cm³/mol. The smallest absolute Gasteiger partial charge is 0.149 e. The van der Waals surface area contributed by atoms with Crippen LogP contribution in [-0.4, -0.2) is 23.1 Å². The Kier molecular flexibility index (Phi) is 4.66. The van der Waals surface area contributed by atoms with Crippen LogP contribution >= 0.6 is 11.6 Å². The van der Waals surface area contributed by atoms with Crippen LogP contribution in [0.3, 0.4) is 0 Å². The average Bonchev–Trinajstić information content (AvgIpc) is 2.19. The van der Waals surface area contributed by atoms with Crippen LogP contribution in [0.15, 0.2) is 12.4 Å². The van der Waals surface area contributed by atoms with E-state index in [2.05, 4.69) is 28.7 Å². The lowest BCUT2D eigenvalue weighted by Gasteiger charge is -2.20. The van der Waals surface area contributed by atoms with Gasteiger partial charge in [-0.2, -0.15) is 0 Å². The molecular formula is C10H16ClN3. The van der Waals surface area contributed by atoms with Gasteiger partial charge in [-0.3, -0.25) is 4.98 Å². The molecule has 0 spiro atoms. The molecule has 0 radical (unpaired) electrons. The molecule has 1 aromatic heterocycles. The lowest BCUT2D eigenvalue weighted by atomic mass is 10.3. The summed E-state index contributed by atoms with van der Waals surface area (Å²) in [6, 6.07) is 0. The Morgan fingerprint density at radius 2 is 2.14 bits per heavy atom. The van der Waals surface area contributed by atoms with E-state index < -0.39 is 0 Å². The molecule has 0 unspecified atom stereocenters. The van der Waals surface area contributed by atoms with E-state index in [1.54, 1.807) is 12.4 Å². The minimum absolute atomic E-state index is 0.456. The first kappa shape index (κ1) is 11.2. The lowest BCUT2D eigenvalue weighted by molar-refractivity contribution is 0.722. The fraction of sp³-hybridized carbons (Fsp3) is 0.600. The minimum atomic E-state index is 0.456. The monoisotopic (exact) mass is 213 g/mol. The van der Waals surface area contributed by atoms with Crippen molar-refractivity contribution in [3.8, 4) is 0 Å². The summed E-state index contributed by atoms with van der Waals surface area (Å²) in [4.78, 5) is 10.4. The lowest BCUT2D eigenvalue weighted by Crippen LogP contribution is -2.24. The maximum absolute atomic E-state index is 5.78. The Morgan fingerprint density at radius 1 is 1.36 bits per heavy atom. The van der Waals surface area contributed by atoms with Crippen LogP contribution in [-0.2, 0) is 0 Å². The third-order valence-electron chi connectivity index (χ3n) is 2.08. The van der Waals surface area contributed by atoms with Gasteiger partial charge in [0.1, 0.15) is 11.0 Å². The summed E-state index contributed by atoms with van der Waals surface area (Å²) in [7, 11) is 0. The number of nitrogens with zero attached hydrogens (tertiary/aromatic N) is 3. The van der Waals surface area contributed by atoms with Crippen molar-refractivity contribution in [3.05, 3.63) is 17.5 Å². The molecule has 0 aliphatic heterocycles. The first-order valence-corrected chi connectivity index (χ1v) is 5.38. The van der Waals surface area contributed by atoms with Crippen molar-refractivity contribution >= 4 is 17.4 Å². The van der Waals surface area contributed by atoms with Crippen molar-refractivity contribution in [2.75, 3.05) is 18.0 Å². The molecule has 0 aliphatic rings. The van der Waals surface area contributed by atoms with Crippen LogP contribution in [0.4, 0.5) is 5.82 Å². The van der Waals surface area contributed by atoms with E-state index in [1.165, 1.54) is 12.8 Å². The van der Waals surface area contributed by atoms with Gasteiger partial charge in [-0.15, -0.1) is 0 Å². The van der Waals surface area contributed by atoms with E-state index in [4.69, 9.17) is 11.6 Å². The molecule has 0 atom stereocenters. The number of halogens is 1. The highest BCUT2D eigenvalue weighted by Crippen LogP contribution is 2.12. The highest BCUT2D eigenvalue weighted by molar-refractivity contribution is 6.29. The molecule has 0 saturated carbocycles. The number of anilines is 1. The zero-order valence-corrected chi connectivity index (χ0v) is 9.46. The van der Waals surface area contributed by atoms with Crippen LogP contribution in [0.25, 0.3) is 0 Å². The average molecular weight is 214 g/mol. The summed E-state index contributed by atoms with van der Waals surface area (Å²) in [5.41, 5.74) is 0. The van der Waals surface area contributed by atoms with Crippen molar-refractivity contribution in [1.82, 2.24) is 9.97 Å². The maximum atomic E-state index is 5.78. The van der Waals surface area contributed by atoms with E-state index in [0.29, 0.717) is 5.15 Å². The van der Waals surface area contributed by atoms with Crippen molar-refractivity contribution < 1.29 is 0 Å². The Bertz CT molecular complexity index is 278. The second-order valence-electron chi connectivity index (χ2n) is 3.13. The Balaban J connectivity index is 2.68. The topological polar surface area (TPSA) is 29.0 Å². The molecule has 0 amide bonds. The molecule has 0 bridgehead atoms. The molecule has 0 aliphatic carbocycles. The van der Waals surface area contributed by atoms with Gasteiger partial charge < -0.3 is 4.90 Å². The molecule has 14 heavy (non-hydrogen) atoms. The zero-order chi connectivity index (χ0) is 10.4. The van der Waals surface area contributed by atoms with Gasteiger partial charge in [-0.05, 0) is 13.3 Å². The largest absolute Gasteiger partial charge is 0.356 e. The van der Waals surface area contributed by atoms with Gasteiger partial charge in [-0.25, -0.2) is 4.98 Å². The minimum Gasteiger partial charge on any atom is -0.356 e. The third-order valence-corrected chi connectivity index (χ3v) is 2.26. The second-order valence-corrected chi connectivity index (χ2v) is 3.52. The highest BCUT2D eigenvalue weighted by Gasteiger charge is 2.05. The maximum Gasteiger partial charge on any atom is 0.149 e. The summed E-state index contributed by atoms with van der Waals surface area (Å²) in [6.45, 7) is 6.24. The SMILES string of the molecule is CCCCN(CC)c1cncc(Cl)n1. The number of hydrogen-bond donors (Lipinski definition) is 0. The van der Waals surface area contributed by atoms with Gasteiger partial charge in [0.2, 0.25) is 0 Å². The zero-order valence-electron chi connectivity index (χ0n) is 8.70. The molecule has 0 fully saturated rings. The van der Waals surface area contributed by atoms with Crippen molar-refractivity contribution in [3.63, 3.8) is 0 Å². The van der Waals surface area contributed by atoms with Gasteiger partial charge in [0.25, 0.3) is 0 Å². The Morgan fingerprint density at radius 3 is 2.71 bits per heavy atom. The van der Waals surface area contributed by atoms with E-state index in [-0.39, 0.29) is 0 Å². The number of rotatable bonds is 5. The molecule has 0 N–H and O–H groups in total. The van der Waals surface area contributed by atoms with Gasteiger partial charge in [0.15, 0.2) is 0 Å². The van der Waals surface area contributed by atoms with Gasteiger partial charge in [0, 0.05) is 13.1 Å². The highest BCUT2D eigenvalue weighted by atomic mass is 35.5. The van der Waals surface area contributed by atoms with Crippen LogP contribution in [0.2, 0.25) is 5.15 Å². The van der Waals surface area contributed by atoms with E-state index in [1.807, 2.05) is 0 Å². The van der Waals surface area contributed by atoms with Crippen molar-refractivity contribution in [1.29, 1.82) is 0 Å². The van der Waals surface area contributed by atoms with Gasteiger partial charge in [-0.1, -0.05) is 24.9 Å². The van der Waals surface area contributed by atoms with Crippen LogP contribution < -0.4 is 4.90 Å². The van der Waals surface area contributed by atoms with Gasteiger partial charge in [0.05, 0.1) is 12.4 Å². The molecule has 4 heteroatoms. The molecule has 0 aromatic carbocycles. The van der Waals surface area contributed by atoms with Crippen LogP contribution in [0.1, 0.15) is 26.7 Å². The van der Waals surface area contributed by atoms with Gasteiger partial charge >= 0.3 is 0 Å². The summed E-state index contributed by atoms with van der Waals surface area (Å²) in [6.07, 6.45) is 5.66. The Labute approximate surface area is 90.1 Å². The predicted octanol–water partition coefficient (Wildman–Crippen LogP) is 2.76. The third kappa shape index (κ3) is 3.14. The first-order valence-electron chi connectivity index (χ1n) is 5.00. The number of aromatic nitrogens is 2. The Hall–Kier alpha value is -0.830. The normalized spacial score (nSPS) is 10.2. The fourth-order valence-electron chi connectivity index (χ4n) is 1.27. The molecule has 1 rings (SSSR count). The molecule has 3 nitrogen and oxygen atoms in total. The van der Waals surface area contributed by atoms with Crippen molar-refractivity contribution in [2.24, 2.45) is 0 Å². The number of unbranched alkanes of at least 4 members (excludes halogenated alkanes) is 1. The molecule has 78 valence electrons. The first-order chi connectivity index (χ1) is 6.77. The quantitative estimate of drug-likeness (QED) is 0.753. The molecule has 0 saturated heterocycles. The van der Waals surface area contributed by atoms with Crippen LogP contribution in [0.5, 0.6) is 0 Å². The molecular weight excluding hydrogens is 198 g/mol. The number of hydrogen-bond acceptors (Lipinski definition) is 3.